The Bertz CT molecular complexity index is 1120. The van der Waals surface area contributed by atoms with Gasteiger partial charge in [-0.2, -0.15) is 0 Å². The molecule has 0 aromatic heterocycles. The van der Waals surface area contributed by atoms with E-state index in [0.717, 1.165) is 10.6 Å². The van der Waals surface area contributed by atoms with Gasteiger partial charge in [-0.1, -0.05) is 59.4 Å². The second kappa shape index (κ2) is 12.3. The first kappa shape index (κ1) is 28.5. The minimum atomic E-state index is -3.91. The van der Waals surface area contributed by atoms with Crippen molar-refractivity contribution in [1.29, 1.82) is 0 Å². The van der Waals surface area contributed by atoms with Crippen LogP contribution in [0.5, 0.6) is 0 Å². The SMILES string of the molecule is CCCNC(=O)[C@H](C)N(Cc1c(Cl)cccc1Cl)C(=O)CN(c1cc(Cl)cc(Cl)c1)S(C)(=O)=O. The van der Waals surface area contributed by atoms with Gasteiger partial charge in [-0.05, 0) is 43.7 Å². The number of hydrogen-bond acceptors (Lipinski definition) is 4. The number of carbonyl (C=O) groups excluding carboxylic acids is 2. The van der Waals surface area contributed by atoms with Gasteiger partial charge in [0.15, 0.2) is 0 Å². The second-order valence-corrected chi connectivity index (χ2v) is 11.2. The highest BCUT2D eigenvalue weighted by Gasteiger charge is 2.31. The maximum absolute atomic E-state index is 13.5. The van der Waals surface area contributed by atoms with Crippen molar-refractivity contribution in [3.8, 4) is 0 Å². The molecular formula is C22H25Cl4N3O4S. The Morgan fingerprint density at radius 3 is 2.09 bits per heavy atom. The topological polar surface area (TPSA) is 86.8 Å². The van der Waals surface area contributed by atoms with Gasteiger partial charge in [0.05, 0.1) is 11.9 Å². The van der Waals surface area contributed by atoms with Crippen LogP contribution in [0.1, 0.15) is 25.8 Å². The van der Waals surface area contributed by atoms with E-state index in [-0.39, 0.29) is 22.3 Å². The molecule has 0 saturated heterocycles. The summed E-state index contributed by atoms with van der Waals surface area (Å²) in [4.78, 5) is 27.4. The molecule has 1 N–H and O–H groups in total. The first-order chi connectivity index (χ1) is 15.8. The zero-order chi connectivity index (χ0) is 25.6. The quantitative estimate of drug-likeness (QED) is 0.436. The van der Waals surface area contributed by atoms with Gasteiger partial charge in [0, 0.05) is 38.7 Å². The highest BCUT2D eigenvalue weighted by molar-refractivity contribution is 7.92. The third-order valence-electron chi connectivity index (χ3n) is 4.92. The molecule has 0 radical (unpaired) electrons. The van der Waals surface area contributed by atoms with E-state index in [9.17, 15) is 18.0 Å². The molecule has 0 aliphatic rings. The lowest BCUT2D eigenvalue weighted by Gasteiger charge is -2.32. The summed E-state index contributed by atoms with van der Waals surface area (Å²) in [6, 6.07) is 8.17. The van der Waals surface area contributed by atoms with Crippen molar-refractivity contribution < 1.29 is 18.0 Å². The molecule has 0 aliphatic heterocycles. The van der Waals surface area contributed by atoms with Crippen LogP contribution in [-0.4, -0.2) is 50.5 Å². The Morgan fingerprint density at radius 1 is 1.03 bits per heavy atom. The molecule has 0 aliphatic carbocycles. The lowest BCUT2D eigenvalue weighted by Crippen LogP contribution is -2.51. The number of carbonyl (C=O) groups is 2. The normalized spacial score (nSPS) is 12.2. The molecule has 2 rings (SSSR count). The molecule has 7 nitrogen and oxygen atoms in total. The van der Waals surface area contributed by atoms with Crippen LogP contribution >= 0.6 is 46.4 Å². The van der Waals surface area contributed by atoms with Gasteiger partial charge in [-0.25, -0.2) is 8.42 Å². The molecule has 2 amide bonds. The van der Waals surface area contributed by atoms with Crippen LogP contribution in [0, 0.1) is 0 Å². The number of sulfonamides is 1. The molecular weight excluding hydrogens is 544 g/mol. The van der Waals surface area contributed by atoms with E-state index >= 15 is 0 Å². The first-order valence-corrected chi connectivity index (χ1v) is 13.6. The Balaban J connectivity index is 2.46. The summed E-state index contributed by atoms with van der Waals surface area (Å²) < 4.78 is 26.0. The Labute approximate surface area is 220 Å². The number of anilines is 1. The van der Waals surface area contributed by atoms with Crippen LogP contribution in [0.3, 0.4) is 0 Å². The van der Waals surface area contributed by atoms with E-state index in [1.54, 1.807) is 25.1 Å². The van der Waals surface area contributed by atoms with E-state index in [4.69, 9.17) is 46.4 Å². The summed E-state index contributed by atoms with van der Waals surface area (Å²) in [5, 5.41) is 3.78. The van der Waals surface area contributed by atoms with Crippen molar-refractivity contribution >= 4 is 73.9 Å². The maximum atomic E-state index is 13.5. The molecule has 0 spiro atoms. The van der Waals surface area contributed by atoms with E-state index in [0.29, 0.717) is 28.6 Å². The fraction of sp³-hybridized carbons (Fsp3) is 0.364. The van der Waals surface area contributed by atoms with Crippen LogP contribution in [0.2, 0.25) is 20.1 Å². The molecule has 0 heterocycles. The lowest BCUT2D eigenvalue weighted by molar-refractivity contribution is -0.139. The van der Waals surface area contributed by atoms with Gasteiger partial charge in [0.25, 0.3) is 0 Å². The molecule has 186 valence electrons. The molecule has 0 fully saturated rings. The lowest BCUT2D eigenvalue weighted by atomic mass is 10.1. The van der Waals surface area contributed by atoms with Gasteiger partial charge in [-0.3, -0.25) is 13.9 Å². The van der Waals surface area contributed by atoms with Crippen LogP contribution in [0.15, 0.2) is 36.4 Å². The Kier molecular flexibility index (Phi) is 10.3. The van der Waals surface area contributed by atoms with E-state index in [2.05, 4.69) is 5.32 Å². The number of nitrogens with one attached hydrogen (secondary N) is 1. The van der Waals surface area contributed by atoms with Gasteiger partial charge in [-0.15, -0.1) is 0 Å². The largest absolute Gasteiger partial charge is 0.354 e. The van der Waals surface area contributed by atoms with E-state index in [1.165, 1.54) is 23.1 Å². The summed E-state index contributed by atoms with van der Waals surface area (Å²) in [6.45, 7) is 3.18. The smallest absolute Gasteiger partial charge is 0.244 e. The van der Waals surface area contributed by atoms with Gasteiger partial charge in [0.2, 0.25) is 21.8 Å². The average Bonchev–Trinajstić information content (AvgIpc) is 2.73. The fourth-order valence-corrected chi connectivity index (χ4v) is 4.99. The maximum Gasteiger partial charge on any atom is 0.244 e. The van der Waals surface area contributed by atoms with E-state index < -0.39 is 34.4 Å². The predicted molar refractivity (Wildman–Crippen MR) is 138 cm³/mol. The van der Waals surface area contributed by atoms with Crippen molar-refractivity contribution in [2.75, 3.05) is 23.7 Å². The molecule has 0 unspecified atom stereocenters. The van der Waals surface area contributed by atoms with Crippen LogP contribution < -0.4 is 9.62 Å². The van der Waals surface area contributed by atoms with Crippen LogP contribution in [0.4, 0.5) is 5.69 Å². The molecule has 0 bridgehead atoms. The fourth-order valence-electron chi connectivity index (χ4n) is 3.13. The summed E-state index contributed by atoms with van der Waals surface area (Å²) in [7, 11) is -3.91. The number of hydrogen-bond donors (Lipinski definition) is 1. The molecule has 1 atom stereocenters. The van der Waals surface area contributed by atoms with Gasteiger partial charge in [0.1, 0.15) is 12.6 Å². The van der Waals surface area contributed by atoms with Crippen molar-refractivity contribution in [2.45, 2.75) is 32.9 Å². The summed E-state index contributed by atoms with van der Waals surface area (Å²) in [5.74, 6) is -1.04. The first-order valence-electron chi connectivity index (χ1n) is 10.3. The predicted octanol–water partition coefficient (Wildman–Crippen LogP) is 5.01. The number of rotatable bonds is 10. The zero-order valence-corrected chi connectivity index (χ0v) is 22.7. The van der Waals surface area contributed by atoms with E-state index in [1.807, 2.05) is 6.92 Å². The number of amides is 2. The summed E-state index contributed by atoms with van der Waals surface area (Å²) >= 11 is 24.7. The van der Waals surface area contributed by atoms with Gasteiger partial charge >= 0.3 is 0 Å². The number of benzene rings is 2. The Morgan fingerprint density at radius 2 is 1.59 bits per heavy atom. The number of halogens is 4. The monoisotopic (exact) mass is 567 g/mol. The van der Waals surface area contributed by atoms with Crippen molar-refractivity contribution in [1.82, 2.24) is 10.2 Å². The zero-order valence-electron chi connectivity index (χ0n) is 18.8. The third kappa shape index (κ3) is 7.65. The van der Waals surface area contributed by atoms with Gasteiger partial charge < -0.3 is 10.2 Å². The molecule has 2 aromatic carbocycles. The molecule has 2 aromatic rings. The summed E-state index contributed by atoms with van der Waals surface area (Å²) in [6.07, 6.45) is 1.67. The van der Waals surface area contributed by atoms with Crippen molar-refractivity contribution in [3.63, 3.8) is 0 Å². The highest BCUT2D eigenvalue weighted by atomic mass is 35.5. The highest BCUT2D eigenvalue weighted by Crippen LogP contribution is 2.29. The number of nitrogens with zero attached hydrogens (tertiary/aromatic N) is 2. The second-order valence-electron chi connectivity index (χ2n) is 7.59. The van der Waals surface area contributed by atoms with Crippen molar-refractivity contribution in [2.24, 2.45) is 0 Å². The minimum absolute atomic E-state index is 0.105. The summed E-state index contributed by atoms with van der Waals surface area (Å²) in [5.41, 5.74) is 0.554. The minimum Gasteiger partial charge on any atom is -0.354 e. The molecule has 0 saturated carbocycles. The molecule has 34 heavy (non-hydrogen) atoms. The van der Waals surface area contributed by atoms with Crippen LogP contribution in [0.25, 0.3) is 0 Å². The third-order valence-corrected chi connectivity index (χ3v) is 7.21. The Hall–Kier alpha value is -1.71. The van der Waals surface area contributed by atoms with Crippen LogP contribution in [-0.2, 0) is 26.2 Å². The standard InChI is InChI=1S/C22H25Cl4N3O4S/c1-4-8-27-22(31)14(2)28(12-18-19(25)6-5-7-20(18)26)21(30)13-29(34(3,32)33)17-10-15(23)9-16(24)11-17/h5-7,9-11,14H,4,8,12-13H2,1-3H3,(H,27,31)/t14-/m0/s1. The molecule has 12 heteroatoms. The average molecular weight is 569 g/mol. The van der Waals surface area contributed by atoms with Crippen molar-refractivity contribution in [3.05, 3.63) is 62.1 Å².